The molecule has 1 aliphatic rings. The first-order chi connectivity index (χ1) is 7.70. The van der Waals surface area contributed by atoms with Gasteiger partial charge in [-0.25, -0.2) is 0 Å². The molecule has 0 N–H and O–H groups in total. The number of benzene rings is 1. The standard InChI is InChI=1S/C14H18O2/c1-10-8-14(16-9-11(10)2)12-4-6-13(15-3)7-5-12/h4-7,10,14H,2,8-9H2,1,3H3. The van der Waals surface area contributed by atoms with E-state index in [1.54, 1.807) is 7.11 Å². The van der Waals surface area contributed by atoms with Crippen molar-refractivity contribution in [2.45, 2.75) is 19.4 Å². The Labute approximate surface area is 96.9 Å². The van der Waals surface area contributed by atoms with Gasteiger partial charge in [0.15, 0.2) is 0 Å². The molecule has 0 amide bonds. The zero-order valence-corrected chi connectivity index (χ0v) is 9.90. The van der Waals surface area contributed by atoms with Crippen LogP contribution in [0, 0.1) is 5.92 Å². The summed E-state index contributed by atoms with van der Waals surface area (Å²) < 4.78 is 10.9. The van der Waals surface area contributed by atoms with Crippen LogP contribution in [0.25, 0.3) is 0 Å². The summed E-state index contributed by atoms with van der Waals surface area (Å²) in [5, 5.41) is 0. The summed E-state index contributed by atoms with van der Waals surface area (Å²) in [6.45, 7) is 6.89. The Bertz CT molecular complexity index is 367. The maximum atomic E-state index is 5.78. The molecular weight excluding hydrogens is 200 g/mol. The van der Waals surface area contributed by atoms with E-state index in [-0.39, 0.29) is 6.10 Å². The van der Waals surface area contributed by atoms with Crippen molar-refractivity contribution < 1.29 is 9.47 Å². The van der Waals surface area contributed by atoms with Gasteiger partial charge in [-0.3, -0.25) is 0 Å². The van der Waals surface area contributed by atoms with Crippen molar-refractivity contribution in [2.24, 2.45) is 5.92 Å². The molecule has 2 atom stereocenters. The molecule has 0 aliphatic carbocycles. The molecule has 2 heteroatoms. The van der Waals surface area contributed by atoms with Crippen molar-refractivity contribution in [1.29, 1.82) is 0 Å². The van der Waals surface area contributed by atoms with Crippen molar-refractivity contribution in [1.82, 2.24) is 0 Å². The zero-order chi connectivity index (χ0) is 11.5. The maximum Gasteiger partial charge on any atom is 0.118 e. The van der Waals surface area contributed by atoms with Gasteiger partial charge in [-0.2, -0.15) is 0 Å². The zero-order valence-electron chi connectivity index (χ0n) is 9.90. The van der Waals surface area contributed by atoms with Gasteiger partial charge in [0, 0.05) is 0 Å². The van der Waals surface area contributed by atoms with E-state index in [9.17, 15) is 0 Å². The second-order valence-electron chi connectivity index (χ2n) is 4.37. The summed E-state index contributed by atoms with van der Waals surface area (Å²) in [5.41, 5.74) is 2.42. The maximum absolute atomic E-state index is 5.78. The second kappa shape index (κ2) is 4.71. The van der Waals surface area contributed by atoms with Crippen molar-refractivity contribution in [3.05, 3.63) is 42.0 Å². The summed E-state index contributed by atoms with van der Waals surface area (Å²) >= 11 is 0. The number of methoxy groups -OCH3 is 1. The predicted octanol–water partition coefficient (Wildman–Crippen LogP) is 3.35. The van der Waals surface area contributed by atoms with E-state index in [0.717, 1.165) is 12.2 Å². The average Bonchev–Trinajstić information content (AvgIpc) is 2.33. The molecule has 1 heterocycles. The van der Waals surface area contributed by atoms with Crippen LogP contribution in [-0.4, -0.2) is 13.7 Å². The van der Waals surface area contributed by atoms with Crippen LogP contribution in [-0.2, 0) is 4.74 Å². The first-order valence-corrected chi connectivity index (χ1v) is 5.64. The lowest BCUT2D eigenvalue weighted by Gasteiger charge is -2.29. The third-order valence-electron chi connectivity index (χ3n) is 3.22. The summed E-state index contributed by atoms with van der Waals surface area (Å²) in [7, 11) is 1.68. The quantitative estimate of drug-likeness (QED) is 0.709. The molecule has 1 aromatic rings. The van der Waals surface area contributed by atoms with Gasteiger partial charge >= 0.3 is 0 Å². The summed E-state index contributed by atoms with van der Waals surface area (Å²) in [6.07, 6.45) is 1.22. The van der Waals surface area contributed by atoms with Crippen LogP contribution in [0.1, 0.15) is 25.0 Å². The van der Waals surface area contributed by atoms with Gasteiger partial charge in [0.05, 0.1) is 19.8 Å². The first kappa shape index (κ1) is 11.2. The molecular formula is C14H18O2. The Morgan fingerprint density at radius 3 is 2.56 bits per heavy atom. The van der Waals surface area contributed by atoms with E-state index in [2.05, 4.69) is 25.6 Å². The van der Waals surface area contributed by atoms with E-state index in [4.69, 9.17) is 9.47 Å². The molecule has 2 rings (SSSR count). The molecule has 0 saturated carbocycles. The highest BCUT2D eigenvalue weighted by molar-refractivity contribution is 5.29. The lowest BCUT2D eigenvalue weighted by atomic mass is 9.90. The molecule has 0 bridgehead atoms. The van der Waals surface area contributed by atoms with Crippen molar-refractivity contribution in [2.75, 3.05) is 13.7 Å². The van der Waals surface area contributed by atoms with Gasteiger partial charge in [-0.15, -0.1) is 0 Å². The molecule has 0 aromatic heterocycles. The van der Waals surface area contributed by atoms with E-state index in [1.807, 2.05) is 12.1 Å². The van der Waals surface area contributed by atoms with Gasteiger partial charge < -0.3 is 9.47 Å². The molecule has 16 heavy (non-hydrogen) atoms. The Balaban J connectivity index is 2.09. The summed E-state index contributed by atoms with van der Waals surface area (Å²) in [6, 6.07) is 8.11. The Morgan fingerprint density at radius 2 is 2.00 bits per heavy atom. The number of hydrogen-bond donors (Lipinski definition) is 0. The average molecular weight is 218 g/mol. The van der Waals surface area contributed by atoms with Crippen molar-refractivity contribution in [3.8, 4) is 5.75 Å². The van der Waals surface area contributed by atoms with Crippen LogP contribution >= 0.6 is 0 Å². The van der Waals surface area contributed by atoms with Crippen molar-refractivity contribution >= 4 is 0 Å². The van der Waals surface area contributed by atoms with Crippen LogP contribution in [0.2, 0.25) is 0 Å². The molecule has 0 spiro atoms. The minimum atomic E-state index is 0.200. The molecule has 1 saturated heterocycles. The van der Waals surface area contributed by atoms with Gasteiger partial charge in [-0.1, -0.05) is 25.6 Å². The fourth-order valence-corrected chi connectivity index (χ4v) is 1.96. The Hall–Kier alpha value is -1.28. The number of hydrogen-bond acceptors (Lipinski definition) is 2. The monoisotopic (exact) mass is 218 g/mol. The van der Waals surface area contributed by atoms with E-state index in [1.165, 1.54) is 11.1 Å². The van der Waals surface area contributed by atoms with Gasteiger partial charge in [0.1, 0.15) is 5.75 Å². The second-order valence-corrected chi connectivity index (χ2v) is 4.37. The third-order valence-corrected chi connectivity index (χ3v) is 3.22. The first-order valence-electron chi connectivity index (χ1n) is 5.64. The smallest absolute Gasteiger partial charge is 0.118 e. The molecule has 1 aromatic carbocycles. The SMILES string of the molecule is C=C1COC(c2ccc(OC)cc2)CC1C. The fraction of sp³-hybridized carbons (Fsp3) is 0.429. The van der Waals surface area contributed by atoms with Gasteiger partial charge in [-0.05, 0) is 35.6 Å². The fourth-order valence-electron chi connectivity index (χ4n) is 1.96. The van der Waals surface area contributed by atoms with E-state index in [0.29, 0.717) is 12.5 Å². The molecule has 2 unspecified atom stereocenters. The van der Waals surface area contributed by atoms with Crippen LogP contribution in [0.5, 0.6) is 5.75 Å². The highest BCUT2D eigenvalue weighted by Crippen LogP contribution is 2.33. The summed E-state index contributed by atoms with van der Waals surface area (Å²) in [5.74, 6) is 1.43. The Kier molecular flexibility index (Phi) is 3.30. The molecule has 86 valence electrons. The molecule has 2 nitrogen and oxygen atoms in total. The lowest BCUT2D eigenvalue weighted by molar-refractivity contribution is 0.0259. The summed E-state index contributed by atoms with van der Waals surface area (Å²) in [4.78, 5) is 0. The highest BCUT2D eigenvalue weighted by Gasteiger charge is 2.23. The number of rotatable bonds is 2. The van der Waals surface area contributed by atoms with E-state index < -0.39 is 0 Å². The van der Waals surface area contributed by atoms with Crippen molar-refractivity contribution in [3.63, 3.8) is 0 Å². The van der Waals surface area contributed by atoms with Crippen LogP contribution < -0.4 is 4.74 Å². The third kappa shape index (κ3) is 2.27. The van der Waals surface area contributed by atoms with Crippen LogP contribution in [0.3, 0.4) is 0 Å². The predicted molar refractivity (Wildman–Crippen MR) is 64.6 cm³/mol. The molecule has 1 fully saturated rings. The minimum absolute atomic E-state index is 0.200. The van der Waals surface area contributed by atoms with Crippen LogP contribution in [0.4, 0.5) is 0 Å². The molecule has 1 aliphatic heterocycles. The lowest BCUT2D eigenvalue weighted by Crippen LogP contribution is -2.20. The normalized spacial score (nSPS) is 25.5. The van der Waals surface area contributed by atoms with Gasteiger partial charge in [0.25, 0.3) is 0 Å². The highest BCUT2D eigenvalue weighted by atomic mass is 16.5. The van der Waals surface area contributed by atoms with E-state index >= 15 is 0 Å². The van der Waals surface area contributed by atoms with Crippen LogP contribution in [0.15, 0.2) is 36.4 Å². The number of ether oxygens (including phenoxy) is 2. The minimum Gasteiger partial charge on any atom is -0.497 e. The molecule has 0 radical (unpaired) electrons. The topological polar surface area (TPSA) is 18.5 Å². The Morgan fingerprint density at radius 1 is 1.31 bits per heavy atom. The largest absolute Gasteiger partial charge is 0.497 e. The van der Waals surface area contributed by atoms with Gasteiger partial charge in [0.2, 0.25) is 0 Å².